The molecule has 1 aliphatic heterocycles. The number of halogens is 1. The quantitative estimate of drug-likeness (QED) is 0.839. The number of piperazine rings is 1. The summed E-state index contributed by atoms with van der Waals surface area (Å²) in [4.78, 5) is 20.4. The van der Waals surface area contributed by atoms with Gasteiger partial charge in [0.25, 0.3) is 0 Å². The van der Waals surface area contributed by atoms with Gasteiger partial charge in [0, 0.05) is 31.2 Å². The van der Waals surface area contributed by atoms with Crippen LogP contribution in [0.15, 0.2) is 12.1 Å². The molecule has 0 aliphatic carbocycles. The van der Waals surface area contributed by atoms with Gasteiger partial charge in [0.1, 0.15) is 0 Å². The third-order valence-electron chi connectivity index (χ3n) is 3.81. The van der Waals surface area contributed by atoms with E-state index < -0.39 is 0 Å². The molecule has 1 saturated heterocycles. The maximum absolute atomic E-state index is 11.7. The van der Waals surface area contributed by atoms with Gasteiger partial charge in [-0.3, -0.25) is 0 Å². The molecule has 1 aromatic heterocycles. The van der Waals surface area contributed by atoms with Crippen LogP contribution < -0.4 is 4.90 Å². The predicted octanol–water partition coefficient (Wildman–Crippen LogP) is 3.54. The topological polar surface area (TPSA) is 45.7 Å². The number of nitrogens with zero attached hydrogens (tertiary/aromatic N) is 3. The Kier molecular flexibility index (Phi) is 4.40. The zero-order valence-electron chi connectivity index (χ0n) is 12.6. The lowest BCUT2D eigenvalue weighted by molar-refractivity contribution is 0.105. The van der Waals surface area contributed by atoms with Crippen LogP contribution in [0.25, 0.3) is 10.2 Å². The van der Waals surface area contributed by atoms with E-state index in [1.54, 1.807) is 16.2 Å². The molecule has 7 heteroatoms. The molecule has 3 rings (SSSR count). The van der Waals surface area contributed by atoms with E-state index in [0.29, 0.717) is 19.7 Å². The van der Waals surface area contributed by atoms with Gasteiger partial charge in [0.05, 0.1) is 16.8 Å². The summed E-state index contributed by atoms with van der Waals surface area (Å²) in [7, 11) is 0. The molecule has 2 aromatic rings. The van der Waals surface area contributed by atoms with Crippen LogP contribution in [0.2, 0.25) is 5.02 Å². The van der Waals surface area contributed by atoms with Crippen LogP contribution in [-0.2, 0) is 4.74 Å². The van der Waals surface area contributed by atoms with Crippen molar-refractivity contribution in [2.45, 2.75) is 13.8 Å². The summed E-state index contributed by atoms with van der Waals surface area (Å²) < 4.78 is 6.18. The molecule has 0 radical (unpaired) electrons. The van der Waals surface area contributed by atoms with E-state index in [2.05, 4.69) is 4.90 Å². The molecule has 1 aliphatic rings. The first-order valence-electron chi connectivity index (χ1n) is 7.32. The molecule has 1 fully saturated rings. The van der Waals surface area contributed by atoms with Crippen molar-refractivity contribution in [2.24, 2.45) is 0 Å². The molecular weight excluding hydrogens is 322 g/mol. The first-order valence-corrected chi connectivity index (χ1v) is 8.52. The Morgan fingerprint density at radius 3 is 2.77 bits per heavy atom. The Morgan fingerprint density at radius 2 is 2.09 bits per heavy atom. The lowest BCUT2D eigenvalue weighted by atomic mass is 10.2. The lowest BCUT2D eigenvalue weighted by Crippen LogP contribution is -2.48. The van der Waals surface area contributed by atoms with Crippen molar-refractivity contribution in [3.8, 4) is 0 Å². The van der Waals surface area contributed by atoms with Crippen LogP contribution in [0, 0.1) is 6.92 Å². The number of carbonyl (C=O) groups is 1. The second-order valence-electron chi connectivity index (χ2n) is 5.19. The second-order valence-corrected chi connectivity index (χ2v) is 6.60. The van der Waals surface area contributed by atoms with Gasteiger partial charge in [-0.1, -0.05) is 22.9 Å². The largest absolute Gasteiger partial charge is 0.450 e. The molecule has 1 amide bonds. The number of hydrogen-bond donors (Lipinski definition) is 0. The summed E-state index contributed by atoms with van der Waals surface area (Å²) in [5, 5.41) is 1.74. The van der Waals surface area contributed by atoms with Gasteiger partial charge in [-0.25, -0.2) is 9.78 Å². The third kappa shape index (κ3) is 2.85. The van der Waals surface area contributed by atoms with Crippen LogP contribution in [0.4, 0.5) is 9.93 Å². The summed E-state index contributed by atoms with van der Waals surface area (Å²) in [6, 6.07) is 3.93. The van der Waals surface area contributed by atoms with Crippen LogP contribution in [0.1, 0.15) is 12.5 Å². The van der Waals surface area contributed by atoms with E-state index >= 15 is 0 Å². The van der Waals surface area contributed by atoms with E-state index in [0.717, 1.165) is 39.0 Å². The Morgan fingerprint density at radius 1 is 1.36 bits per heavy atom. The first kappa shape index (κ1) is 15.4. The van der Waals surface area contributed by atoms with E-state index in [1.807, 2.05) is 26.0 Å². The van der Waals surface area contributed by atoms with Gasteiger partial charge in [-0.15, -0.1) is 0 Å². The van der Waals surface area contributed by atoms with Crippen LogP contribution in [0.5, 0.6) is 0 Å². The summed E-state index contributed by atoms with van der Waals surface area (Å²) in [5.41, 5.74) is 1.99. The molecule has 1 aromatic carbocycles. The average molecular weight is 340 g/mol. The highest BCUT2D eigenvalue weighted by atomic mass is 35.5. The highest BCUT2D eigenvalue weighted by Crippen LogP contribution is 2.33. The minimum absolute atomic E-state index is 0.228. The average Bonchev–Trinajstić information content (AvgIpc) is 2.96. The summed E-state index contributed by atoms with van der Waals surface area (Å²) in [6.07, 6.45) is -0.228. The number of hydrogen-bond acceptors (Lipinski definition) is 5. The Labute approximate surface area is 138 Å². The summed E-state index contributed by atoms with van der Waals surface area (Å²) >= 11 is 7.83. The maximum Gasteiger partial charge on any atom is 0.409 e. The molecule has 0 spiro atoms. The molecule has 2 heterocycles. The van der Waals surface area contributed by atoms with Gasteiger partial charge in [-0.2, -0.15) is 0 Å². The van der Waals surface area contributed by atoms with Gasteiger partial charge < -0.3 is 14.5 Å². The molecular formula is C15H18ClN3O2S. The molecule has 22 heavy (non-hydrogen) atoms. The molecule has 118 valence electrons. The smallest absolute Gasteiger partial charge is 0.409 e. The summed E-state index contributed by atoms with van der Waals surface area (Å²) in [6.45, 7) is 7.09. The molecule has 5 nitrogen and oxygen atoms in total. The van der Waals surface area contributed by atoms with Crippen molar-refractivity contribution in [3.05, 3.63) is 22.7 Å². The second kappa shape index (κ2) is 6.30. The van der Waals surface area contributed by atoms with E-state index in [4.69, 9.17) is 21.3 Å². The zero-order valence-corrected chi connectivity index (χ0v) is 14.2. The van der Waals surface area contributed by atoms with E-state index in [9.17, 15) is 4.79 Å². The predicted molar refractivity (Wildman–Crippen MR) is 90.2 cm³/mol. The highest BCUT2D eigenvalue weighted by Gasteiger charge is 2.24. The number of amides is 1. The molecule has 0 unspecified atom stereocenters. The molecule has 0 saturated carbocycles. The summed E-state index contributed by atoms with van der Waals surface area (Å²) in [5.74, 6) is 0. The highest BCUT2D eigenvalue weighted by molar-refractivity contribution is 7.22. The van der Waals surface area contributed by atoms with Gasteiger partial charge in [0.2, 0.25) is 0 Å². The fourth-order valence-corrected chi connectivity index (χ4v) is 3.75. The number of aromatic nitrogens is 1. The van der Waals surface area contributed by atoms with Crippen molar-refractivity contribution < 1.29 is 9.53 Å². The van der Waals surface area contributed by atoms with Crippen molar-refractivity contribution >= 4 is 44.4 Å². The monoisotopic (exact) mass is 339 g/mol. The number of benzene rings is 1. The zero-order chi connectivity index (χ0) is 15.7. The van der Waals surface area contributed by atoms with Crippen molar-refractivity contribution in [3.63, 3.8) is 0 Å². The van der Waals surface area contributed by atoms with Crippen LogP contribution >= 0.6 is 22.9 Å². The standard InChI is InChI=1S/C15H18ClN3O2S/c1-3-21-15(20)19-8-6-18(7-9-19)14-17-13-10(2)11(16)4-5-12(13)22-14/h4-5H,3,6-9H2,1-2H3. The molecule has 0 N–H and O–H groups in total. The number of fused-ring (bicyclic) bond motifs is 1. The van der Waals surface area contributed by atoms with Gasteiger partial charge >= 0.3 is 6.09 Å². The van der Waals surface area contributed by atoms with Gasteiger partial charge in [0.15, 0.2) is 5.13 Å². The Balaban J connectivity index is 1.74. The number of anilines is 1. The SMILES string of the molecule is CCOC(=O)N1CCN(c2nc3c(C)c(Cl)ccc3s2)CC1. The van der Waals surface area contributed by atoms with Crippen LogP contribution in [0.3, 0.4) is 0 Å². The van der Waals surface area contributed by atoms with Gasteiger partial charge in [-0.05, 0) is 31.5 Å². The fourth-order valence-electron chi connectivity index (χ4n) is 2.52. The maximum atomic E-state index is 11.7. The molecule has 0 atom stereocenters. The Bertz CT molecular complexity index is 695. The minimum Gasteiger partial charge on any atom is -0.450 e. The Hall–Kier alpha value is -1.53. The van der Waals surface area contributed by atoms with E-state index in [-0.39, 0.29) is 6.09 Å². The van der Waals surface area contributed by atoms with Crippen molar-refractivity contribution in [2.75, 3.05) is 37.7 Å². The fraction of sp³-hybridized carbons (Fsp3) is 0.467. The first-order chi connectivity index (χ1) is 10.6. The lowest BCUT2D eigenvalue weighted by Gasteiger charge is -2.33. The minimum atomic E-state index is -0.228. The van der Waals surface area contributed by atoms with E-state index in [1.165, 1.54) is 0 Å². The number of ether oxygens (including phenoxy) is 1. The number of thiazole rings is 1. The normalized spacial score (nSPS) is 15.4. The number of carbonyl (C=O) groups excluding carboxylic acids is 1. The number of aryl methyl sites for hydroxylation is 1. The third-order valence-corrected chi connectivity index (χ3v) is 5.30. The number of rotatable bonds is 2. The van der Waals surface area contributed by atoms with Crippen molar-refractivity contribution in [1.29, 1.82) is 0 Å². The van der Waals surface area contributed by atoms with Crippen molar-refractivity contribution in [1.82, 2.24) is 9.88 Å². The molecule has 0 bridgehead atoms. The van der Waals surface area contributed by atoms with Crippen LogP contribution in [-0.4, -0.2) is 48.8 Å².